The molecule has 1 aromatic carbocycles. The fourth-order valence-corrected chi connectivity index (χ4v) is 2.97. The zero-order chi connectivity index (χ0) is 18.7. The Kier molecular flexibility index (Phi) is 5.40. The quantitative estimate of drug-likeness (QED) is 0.916. The highest BCUT2D eigenvalue weighted by molar-refractivity contribution is 5.89. The minimum Gasteiger partial charge on any atom is -0.353 e. The Hall–Kier alpha value is -2.63. The zero-order valence-electron chi connectivity index (χ0n) is 16.0. The second-order valence-electron chi connectivity index (χ2n) is 7.15. The third kappa shape index (κ3) is 4.31. The van der Waals surface area contributed by atoms with Crippen LogP contribution in [0.15, 0.2) is 30.3 Å². The Balaban J connectivity index is 1.60. The highest BCUT2D eigenvalue weighted by Crippen LogP contribution is 2.19. The number of benzene rings is 1. The van der Waals surface area contributed by atoms with Crippen LogP contribution >= 0.6 is 0 Å². The van der Waals surface area contributed by atoms with Crippen LogP contribution in [0.2, 0.25) is 0 Å². The molecular formula is C20H27N5O. The van der Waals surface area contributed by atoms with E-state index >= 15 is 0 Å². The molecule has 1 fully saturated rings. The first-order valence-corrected chi connectivity index (χ1v) is 9.15. The molecule has 1 aliphatic rings. The zero-order valence-corrected chi connectivity index (χ0v) is 16.0. The molecule has 0 spiro atoms. The minimum atomic E-state index is -0.0461. The Bertz CT molecular complexity index is 764. The normalized spacial score (nSPS) is 14.7. The fourth-order valence-electron chi connectivity index (χ4n) is 2.97. The molecule has 1 aliphatic heterocycles. The third-order valence-corrected chi connectivity index (χ3v) is 4.57. The van der Waals surface area contributed by atoms with Gasteiger partial charge in [0.15, 0.2) is 0 Å². The van der Waals surface area contributed by atoms with Gasteiger partial charge in [0.25, 0.3) is 0 Å². The molecule has 6 heteroatoms. The van der Waals surface area contributed by atoms with E-state index in [4.69, 9.17) is 4.98 Å². The van der Waals surface area contributed by atoms with Crippen LogP contribution in [0, 0.1) is 13.8 Å². The maximum Gasteiger partial charge on any atom is 0.321 e. The van der Waals surface area contributed by atoms with Gasteiger partial charge >= 0.3 is 6.03 Å². The topological polar surface area (TPSA) is 61.4 Å². The van der Waals surface area contributed by atoms with Crippen LogP contribution in [0.5, 0.6) is 0 Å². The number of carbonyl (C=O) groups is 1. The van der Waals surface area contributed by atoms with Gasteiger partial charge in [0.05, 0.1) is 0 Å². The van der Waals surface area contributed by atoms with Gasteiger partial charge < -0.3 is 15.1 Å². The van der Waals surface area contributed by atoms with Crippen LogP contribution in [-0.4, -0.2) is 47.1 Å². The van der Waals surface area contributed by atoms with Gasteiger partial charge in [-0.3, -0.25) is 0 Å². The van der Waals surface area contributed by atoms with E-state index in [0.29, 0.717) is 19.0 Å². The standard InChI is InChI=1S/C20H27N5O/c1-14(2)19-21-16(4)13-18(23-19)24-9-11-25(12-10-24)20(26)22-17-7-5-15(3)6-8-17/h5-8,13-14H,9-12H2,1-4H3,(H,22,26). The molecule has 0 aliphatic carbocycles. The molecule has 2 aromatic rings. The summed E-state index contributed by atoms with van der Waals surface area (Å²) in [5.41, 5.74) is 2.99. The molecule has 0 radical (unpaired) electrons. The van der Waals surface area contributed by atoms with Crippen LogP contribution < -0.4 is 10.2 Å². The highest BCUT2D eigenvalue weighted by Gasteiger charge is 2.22. The van der Waals surface area contributed by atoms with Crippen molar-refractivity contribution in [2.45, 2.75) is 33.6 Å². The first-order chi connectivity index (χ1) is 12.4. The van der Waals surface area contributed by atoms with Crippen LogP contribution in [0.25, 0.3) is 0 Å². The Morgan fingerprint density at radius 1 is 1.04 bits per heavy atom. The SMILES string of the molecule is Cc1ccc(NC(=O)N2CCN(c3cc(C)nc(C(C)C)n3)CC2)cc1. The van der Waals surface area contributed by atoms with E-state index in [2.05, 4.69) is 29.0 Å². The molecule has 0 bridgehead atoms. The van der Waals surface area contributed by atoms with Crippen molar-refractivity contribution in [2.24, 2.45) is 0 Å². The summed E-state index contributed by atoms with van der Waals surface area (Å²) in [5, 5.41) is 2.97. The number of urea groups is 1. The van der Waals surface area contributed by atoms with E-state index < -0.39 is 0 Å². The summed E-state index contributed by atoms with van der Waals surface area (Å²) in [5.74, 6) is 2.13. The Labute approximate surface area is 155 Å². The van der Waals surface area contributed by atoms with Crippen LogP contribution in [-0.2, 0) is 0 Å². The number of nitrogens with zero attached hydrogens (tertiary/aromatic N) is 4. The summed E-state index contributed by atoms with van der Waals surface area (Å²) < 4.78 is 0. The first-order valence-electron chi connectivity index (χ1n) is 9.15. The summed E-state index contributed by atoms with van der Waals surface area (Å²) in [6.07, 6.45) is 0. The smallest absolute Gasteiger partial charge is 0.321 e. The lowest BCUT2D eigenvalue weighted by molar-refractivity contribution is 0.208. The van der Waals surface area contributed by atoms with Gasteiger partial charge in [-0.15, -0.1) is 0 Å². The predicted molar refractivity (Wildman–Crippen MR) is 105 cm³/mol. The lowest BCUT2D eigenvalue weighted by Gasteiger charge is -2.35. The second-order valence-corrected chi connectivity index (χ2v) is 7.15. The highest BCUT2D eigenvalue weighted by atomic mass is 16.2. The average Bonchev–Trinajstić information content (AvgIpc) is 2.63. The van der Waals surface area contributed by atoms with E-state index in [1.165, 1.54) is 5.56 Å². The lowest BCUT2D eigenvalue weighted by atomic mass is 10.2. The van der Waals surface area contributed by atoms with Crippen LogP contribution in [0.3, 0.4) is 0 Å². The predicted octanol–water partition coefficient (Wildman–Crippen LogP) is 3.57. The fraction of sp³-hybridized carbons (Fsp3) is 0.450. The van der Waals surface area contributed by atoms with Gasteiger partial charge in [-0.2, -0.15) is 0 Å². The molecule has 138 valence electrons. The second kappa shape index (κ2) is 7.72. The van der Waals surface area contributed by atoms with Crippen molar-refractivity contribution >= 4 is 17.5 Å². The summed E-state index contributed by atoms with van der Waals surface area (Å²) in [6, 6.07) is 9.83. The number of nitrogens with one attached hydrogen (secondary N) is 1. The van der Waals surface area contributed by atoms with E-state index in [-0.39, 0.29) is 6.03 Å². The summed E-state index contributed by atoms with van der Waals surface area (Å²) in [6.45, 7) is 11.1. The Morgan fingerprint density at radius 3 is 2.31 bits per heavy atom. The number of hydrogen-bond acceptors (Lipinski definition) is 4. The number of amides is 2. The molecule has 1 saturated heterocycles. The molecule has 2 amide bonds. The van der Waals surface area contributed by atoms with E-state index in [9.17, 15) is 4.79 Å². The van der Waals surface area contributed by atoms with Crippen molar-refractivity contribution < 1.29 is 4.79 Å². The molecule has 0 atom stereocenters. The molecule has 2 heterocycles. The maximum atomic E-state index is 12.5. The number of carbonyl (C=O) groups excluding carboxylic acids is 1. The average molecular weight is 353 g/mol. The maximum absolute atomic E-state index is 12.5. The van der Waals surface area contributed by atoms with Gasteiger partial charge in [-0.25, -0.2) is 14.8 Å². The third-order valence-electron chi connectivity index (χ3n) is 4.57. The first kappa shape index (κ1) is 18.2. The van der Waals surface area contributed by atoms with E-state index in [0.717, 1.165) is 36.1 Å². The van der Waals surface area contributed by atoms with Crippen molar-refractivity contribution in [3.63, 3.8) is 0 Å². The molecule has 26 heavy (non-hydrogen) atoms. The van der Waals surface area contributed by atoms with Crippen molar-refractivity contribution in [1.29, 1.82) is 0 Å². The van der Waals surface area contributed by atoms with E-state index in [1.54, 1.807) is 0 Å². The van der Waals surface area contributed by atoms with Crippen molar-refractivity contribution in [1.82, 2.24) is 14.9 Å². The lowest BCUT2D eigenvalue weighted by Crippen LogP contribution is -2.50. The molecular weight excluding hydrogens is 326 g/mol. The summed E-state index contributed by atoms with van der Waals surface area (Å²) in [7, 11) is 0. The Morgan fingerprint density at radius 2 is 1.69 bits per heavy atom. The van der Waals surface area contributed by atoms with Crippen LogP contribution in [0.4, 0.5) is 16.3 Å². The molecule has 0 unspecified atom stereocenters. The van der Waals surface area contributed by atoms with Crippen LogP contribution in [0.1, 0.15) is 36.8 Å². The van der Waals surface area contributed by atoms with Gasteiger partial charge in [0.2, 0.25) is 0 Å². The number of rotatable bonds is 3. The number of hydrogen-bond donors (Lipinski definition) is 1. The molecule has 1 N–H and O–H groups in total. The largest absolute Gasteiger partial charge is 0.353 e. The number of anilines is 2. The summed E-state index contributed by atoms with van der Waals surface area (Å²) in [4.78, 5) is 25.8. The molecule has 3 rings (SSSR count). The van der Waals surface area contributed by atoms with Gasteiger partial charge in [-0.05, 0) is 26.0 Å². The minimum absolute atomic E-state index is 0.0461. The van der Waals surface area contributed by atoms with Crippen molar-refractivity contribution in [3.8, 4) is 0 Å². The molecule has 0 saturated carbocycles. The monoisotopic (exact) mass is 353 g/mol. The van der Waals surface area contributed by atoms with Gasteiger partial charge in [-0.1, -0.05) is 31.5 Å². The van der Waals surface area contributed by atoms with Crippen molar-refractivity contribution in [3.05, 3.63) is 47.4 Å². The number of aromatic nitrogens is 2. The number of piperazine rings is 1. The molecule has 6 nitrogen and oxygen atoms in total. The number of aryl methyl sites for hydroxylation is 2. The molecule has 1 aromatic heterocycles. The summed E-state index contributed by atoms with van der Waals surface area (Å²) >= 11 is 0. The van der Waals surface area contributed by atoms with Crippen molar-refractivity contribution in [2.75, 3.05) is 36.4 Å². The van der Waals surface area contributed by atoms with E-state index in [1.807, 2.05) is 49.1 Å². The van der Waals surface area contributed by atoms with Gasteiger partial charge in [0, 0.05) is 49.5 Å². The van der Waals surface area contributed by atoms with Gasteiger partial charge in [0.1, 0.15) is 11.6 Å².